The van der Waals surface area contributed by atoms with Gasteiger partial charge in [0.15, 0.2) is 0 Å². The number of nitrogens with two attached hydrogens (primary N) is 1. The highest BCUT2D eigenvalue weighted by atomic mass is 16.5. The molecule has 0 saturated heterocycles. The van der Waals surface area contributed by atoms with Gasteiger partial charge in [-0.15, -0.1) is 0 Å². The first-order chi connectivity index (χ1) is 7.31. The highest BCUT2D eigenvalue weighted by Crippen LogP contribution is 2.06. The number of methoxy groups -OCH3 is 1. The molecule has 0 radical (unpaired) electrons. The average Bonchev–Trinajstić information content (AvgIpc) is 2.25. The molecule has 1 unspecified atom stereocenters. The van der Waals surface area contributed by atoms with Crippen LogP contribution in [0.15, 0.2) is 0 Å². The molecule has 0 rings (SSSR count). The van der Waals surface area contributed by atoms with Crippen LogP contribution in [0.3, 0.4) is 0 Å². The Labute approximate surface area is 96.9 Å². The lowest BCUT2D eigenvalue weighted by atomic mass is 10.0. The highest BCUT2D eigenvalue weighted by molar-refractivity contribution is 5.82. The second-order valence-electron chi connectivity index (χ2n) is 4.41. The largest absolute Gasteiger partial charge is 0.469 e. The quantitative estimate of drug-likeness (QED) is 0.687. The van der Waals surface area contributed by atoms with Crippen LogP contribution in [0.1, 0.15) is 20.8 Å². The number of hydrogen-bond donors (Lipinski definition) is 1. The van der Waals surface area contributed by atoms with Gasteiger partial charge in [0.1, 0.15) is 0 Å². The third-order valence-electron chi connectivity index (χ3n) is 2.53. The van der Waals surface area contributed by atoms with Gasteiger partial charge in [-0.3, -0.25) is 9.59 Å². The number of amides is 1. The molecule has 0 saturated carbocycles. The van der Waals surface area contributed by atoms with Gasteiger partial charge in [0.05, 0.1) is 19.1 Å². The Hall–Kier alpha value is -1.10. The van der Waals surface area contributed by atoms with Crippen LogP contribution >= 0.6 is 0 Å². The first-order valence-electron chi connectivity index (χ1n) is 5.39. The summed E-state index contributed by atoms with van der Waals surface area (Å²) in [7, 11) is 2.98. The van der Waals surface area contributed by atoms with Crippen molar-refractivity contribution in [2.24, 2.45) is 17.6 Å². The Morgan fingerprint density at radius 2 is 1.81 bits per heavy atom. The predicted octanol–water partition coefficient (Wildman–Crippen LogP) is 0.237. The summed E-state index contributed by atoms with van der Waals surface area (Å²) in [6.45, 7) is 5.82. The summed E-state index contributed by atoms with van der Waals surface area (Å²) in [5.41, 5.74) is 5.74. The van der Waals surface area contributed by atoms with Gasteiger partial charge in [0.25, 0.3) is 0 Å². The maximum absolute atomic E-state index is 11.8. The minimum Gasteiger partial charge on any atom is -0.469 e. The molecule has 0 aromatic heterocycles. The number of carbonyl (C=O) groups is 2. The third-order valence-corrected chi connectivity index (χ3v) is 2.53. The molecule has 0 bridgehead atoms. The molecule has 5 heteroatoms. The monoisotopic (exact) mass is 230 g/mol. The number of ether oxygens (including phenoxy) is 1. The fraction of sp³-hybridized carbons (Fsp3) is 0.818. The minimum atomic E-state index is -0.519. The first-order valence-corrected chi connectivity index (χ1v) is 5.39. The topological polar surface area (TPSA) is 72.6 Å². The molecule has 0 aliphatic rings. The maximum atomic E-state index is 11.8. The third kappa shape index (κ3) is 4.18. The number of likely N-dealkylation sites (N-methyl/N-ethyl adjacent to an activating group) is 1. The van der Waals surface area contributed by atoms with Crippen LogP contribution in [-0.4, -0.2) is 43.5 Å². The zero-order valence-corrected chi connectivity index (χ0v) is 10.7. The molecule has 94 valence electrons. The number of esters is 1. The van der Waals surface area contributed by atoms with Gasteiger partial charge in [-0.05, 0) is 5.92 Å². The van der Waals surface area contributed by atoms with Gasteiger partial charge in [-0.1, -0.05) is 20.8 Å². The summed E-state index contributed by atoms with van der Waals surface area (Å²) < 4.78 is 4.59. The van der Waals surface area contributed by atoms with E-state index in [1.807, 2.05) is 13.8 Å². The van der Waals surface area contributed by atoms with E-state index < -0.39 is 6.04 Å². The van der Waals surface area contributed by atoms with E-state index in [1.165, 1.54) is 12.0 Å². The summed E-state index contributed by atoms with van der Waals surface area (Å²) in [5, 5.41) is 0. The summed E-state index contributed by atoms with van der Waals surface area (Å²) in [5.74, 6) is -0.717. The van der Waals surface area contributed by atoms with Crippen molar-refractivity contribution < 1.29 is 14.3 Å². The standard InChI is InChI=1S/C11H22N2O3/c1-7(2)9(12)10(14)13(4)6-8(3)11(15)16-5/h7-9H,6,12H2,1-5H3/t8?,9-/m1/s1. The molecule has 0 spiro atoms. The second-order valence-corrected chi connectivity index (χ2v) is 4.41. The predicted molar refractivity (Wildman–Crippen MR) is 61.6 cm³/mol. The van der Waals surface area contributed by atoms with Crippen molar-refractivity contribution in [2.45, 2.75) is 26.8 Å². The van der Waals surface area contributed by atoms with Crippen molar-refractivity contribution in [3.8, 4) is 0 Å². The molecule has 2 N–H and O–H groups in total. The lowest BCUT2D eigenvalue weighted by Gasteiger charge is -2.25. The molecule has 0 heterocycles. The van der Waals surface area contributed by atoms with Crippen LogP contribution < -0.4 is 5.73 Å². The van der Waals surface area contributed by atoms with Gasteiger partial charge >= 0.3 is 5.97 Å². The second kappa shape index (κ2) is 6.48. The van der Waals surface area contributed by atoms with Gasteiger partial charge in [0, 0.05) is 13.6 Å². The Bertz CT molecular complexity index is 254. The molecular weight excluding hydrogens is 208 g/mol. The maximum Gasteiger partial charge on any atom is 0.310 e. The fourth-order valence-electron chi connectivity index (χ4n) is 1.32. The molecule has 0 aliphatic heterocycles. The summed E-state index contributed by atoms with van der Waals surface area (Å²) in [6, 6.07) is -0.519. The van der Waals surface area contributed by atoms with Gasteiger partial charge in [-0.25, -0.2) is 0 Å². The van der Waals surface area contributed by atoms with Crippen molar-refractivity contribution in [3.63, 3.8) is 0 Å². The van der Waals surface area contributed by atoms with Crippen molar-refractivity contribution in [3.05, 3.63) is 0 Å². The Morgan fingerprint density at radius 3 is 2.19 bits per heavy atom. The number of nitrogens with zero attached hydrogens (tertiary/aromatic N) is 1. The van der Waals surface area contributed by atoms with Crippen LogP contribution in [0.25, 0.3) is 0 Å². The first kappa shape index (κ1) is 14.9. The zero-order chi connectivity index (χ0) is 12.9. The van der Waals surface area contributed by atoms with Gasteiger partial charge in [0.2, 0.25) is 5.91 Å². The van der Waals surface area contributed by atoms with Crippen LogP contribution in [-0.2, 0) is 14.3 Å². The Morgan fingerprint density at radius 1 is 1.31 bits per heavy atom. The van der Waals surface area contributed by atoms with E-state index in [2.05, 4.69) is 4.74 Å². The van der Waals surface area contributed by atoms with E-state index in [0.29, 0.717) is 6.54 Å². The van der Waals surface area contributed by atoms with E-state index in [0.717, 1.165) is 0 Å². The van der Waals surface area contributed by atoms with E-state index in [1.54, 1.807) is 14.0 Å². The summed E-state index contributed by atoms with van der Waals surface area (Å²) >= 11 is 0. The average molecular weight is 230 g/mol. The van der Waals surface area contributed by atoms with Gasteiger partial charge in [-0.2, -0.15) is 0 Å². The molecule has 0 aliphatic carbocycles. The highest BCUT2D eigenvalue weighted by Gasteiger charge is 2.24. The Balaban J connectivity index is 4.30. The van der Waals surface area contributed by atoms with E-state index in [9.17, 15) is 9.59 Å². The molecule has 2 atom stereocenters. The molecule has 5 nitrogen and oxygen atoms in total. The van der Waals surface area contributed by atoms with Crippen molar-refractivity contribution in [1.29, 1.82) is 0 Å². The molecule has 0 aromatic carbocycles. The fourth-order valence-corrected chi connectivity index (χ4v) is 1.32. The normalized spacial score (nSPS) is 14.4. The summed E-state index contributed by atoms with van der Waals surface area (Å²) in [4.78, 5) is 24.4. The van der Waals surface area contributed by atoms with E-state index in [-0.39, 0.29) is 23.7 Å². The molecule has 0 aromatic rings. The number of carbonyl (C=O) groups excluding carboxylic acids is 2. The zero-order valence-electron chi connectivity index (χ0n) is 10.7. The van der Waals surface area contributed by atoms with Crippen LogP contribution in [0.2, 0.25) is 0 Å². The van der Waals surface area contributed by atoms with E-state index >= 15 is 0 Å². The van der Waals surface area contributed by atoms with Crippen molar-refractivity contribution in [1.82, 2.24) is 4.90 Å². The van der Waals surface area contributed by atoms with Gasteiger partial charge < -0.3 is 15.4 Å². The molecule has 16 heavy (non-hydrogen) atoms. The molecule has 0 fully saturated rings. The number of hydrogen-bond acceptors (Lipinski definition) is 4. The smallest absolute Gasteiger partial charge is 0.310 e. The lowest BCUT2D eigenvalue weighted by Crippen LogP contribution is -2.46. The number of rotatable bonds is 5. The van der Waals surface area contributed by atoms with Crippen LogP contribution in [0, 0.1) is 11.8 Å². The Kier molecular flexibility index (Phi) is 6.03. The van der Waals surface area contributed by atoms with Crippen LogP contribution in [0.5, 0.6) is 0 Å². The van der Waals surface area contributed by atoms with Crippen molar-refractivity contribution >= 4 is 11.9 Å². The molecular formula is C11H22N2O3. The van der Waals surface area contributed by atoms with E-state index in [4.69, 9.17) is 5.73 Å². The van der Waals surface area contributed by atoms with Crippen LogP contribution in [0.4, 0.5) is 0 Å². The lowest BCUT2D eigenvalue weighted by molar-refractivity contribution is -0.146. The minimum absolute atomic E-state index is 0.0865. The SMILES string of the molecule is COC(=O)C(C)CN(C)C(=O)[C@H](N)C(C)C. The molecule has 1 amide bonds. The summed E-state index contributed by atoms with van der Waals surface area (Å²) in [6.07, 6.45) is 0. The van der Waals surface area contributed by atoms with Crippen molar-refractivity contribution in [2.75, 3.05) is 20.7 Å².